The first-order valence-electron chi connectivity index (χ1n) is 8.67. The molecule has 0 saturated heterocycles. The number of nitrogens with zero attached hydrogens (tertiary/aromatic N) is 2. The average molecular weight is 287 g/mol. The fourth-order valence-corrected chi connectivity index (χ4v) is 3.35. The normalized spacial score (nSPS) is 19.4. The molecule has 0 aliphatic heterocycles. The second-order valence-electron chi connectivity index (χ2n) is 7.15. The Morgan fingerprint density at radius 2 is 2.00 bits per heavy atom. The fraction of sp³-hybridized carbons (Fsp3) is 0.722. The van der Waals surface area contributed by atoms with Gasteiger partial charge >= 0.3 is 0 Å². The summed E-state index contributed by atoms with van der Waals surface area (Å²) >= 11 is 0. The zero-order valence-electron chi connectivity index (χ0n) is 13.5. The van der Waals surface area contributed by atoms with Crippen molar-refractivity contribution < 1.29 is 0 Å². The second-order valence-corrected chi connectivity index (χ2v) is 7.15. The van der Waals surface area contributed by atoms with Crippen molar-refractivity contribution in [1.29, 1.82) is 0 Å². The van der Waals surface area contributed by atoms with Gasteiger partial charge in [-0.05, 0) is 43.7 Å². The summed E-state index contributed by atoms with van der Waals surface area (Å²) in [6.07, 6.45) is 10.1. The molecule has 2 saturated carbocycles. The molecule has 3 rings (SSSR count). The molecule has 0 atom stereocenters. The highest BCUT2D eigenvalue weighted by atomic mass is 15.2. The van der Waals surface area contributed by atoms with Gasteiger partial charge in [0.25, 0.3) is 0 Å². The van der Waals surface area contributed by atoms with Gasteiger partial charge in [0.1, 0.15) is 0 Å². The second kappa shape index (κ2) is 6.78. The lowest BCUT2D eigenvalue weighted by molar-refractivity contribution is 0.535. The molecule has 1 heterocycles. The minimum atomic E-state index is 0.701. The third kappa shape index (κ3) is 4.19. The molecule has 0 bridgehead atoms. The lowest BCUT2D eigenvalue weighted by atomic mass is 10.1. The van der Waals surface area contributed by atoms with Crippen LogP contribution in [0.25, 0.3) is 0 Å². The van der Waals surface area contributed by atoms with E-state index in [0.717, 1.165) is 25.2 Å². The molecule has 116 valence electrons. The minimum absolute atomic E-state index is 0.701. The lowest BCUT2D eigenvalue weighted by Crippen LogP contribution is -2.36. The number of pyridine rings is 1. The Balaban J connectivity index is 1.71. The van der Waals surface area contributed by atoms with Crippen molar-refractivity contribution in [1.82, 2.24) is 10.3 Å². The Morgan fingerprint density at radius 3 is 2.67 bits per heavy atom. The molecule has 2 aliphatic rings. The Bertz CT molecular complexity index is 448. The van der Waals surface area contributed by atoms with Crippen LogP contribution in [0.3, 0.4) is 0 Å². The van der Waals surface area contributed by atoms with Crippen LogP contribution < -0.4 is 10.2 Å². The first-order chi connectivity index (χ1) is 10.2. The van der Waals surface area contributed by atoms with Gasteiger partial charge in [-0.2, -0.15) is 0 Å². The standard InChI is InChI=1S/C18H29N3/c1-14(2)13-21(17-5-3-4-6-17)18-9-10-19-16(11-18)12-20-15-7-8-15/h9-11,14-15,17,20H,3-8,12-13H2,1-2H3. The summed E-state index contributed by atoms with van der Waals surface area (Å²) in [5.74, 6) is 0.701. The van der Waals surface area contributed by atoms with E-state index in [2.05, 4.69) is 41.2 Å². The molecule has 0 radical (unpaired) electrons. The van der Waals surface area contributed by atoms with Gasteiger partial charge in [0.05, 0.1) is 5.69 Å². The quantitative estimate of drug-likeness (QED) is 0.828. The number of hydrogen-bond acceptors (Lipinski definition) is 3. The molecule has 1 aromatic heterocycles. The largest absolute Gasteiger partial charge is 0.368 e. The highest BCUT2D eigenvalue weighted by molar-refractivity contribution is 5.48. The first kappa shape index (κ1) is 14.8. The van der Waals surface area contributed by atoms with Gasteiger partial charge < -0.3 is 10.2 Å². The summed E-state index contributed by atoms with van der Waals surface area (Å²) < 4.78 is 0. The number of nitrogens with one attached hydrogen (secondary N) is 1. The molecule has 0 amide bonds. The van der Waals surface area contributed by atoms with E-state index in [1.165, 1.54) is 49.9 Å². The van der Waals surface area contributed by atoms with E-state index in [9.17, 15) is 0 Å². The van der Waals surface area contributed by atoms with Gasteiger partial charge in [0.15, 0.2) is 0 Å². The topological polar surface area (TPSA) is 28.2 Å². The van der Waals surface area contributed by atoms with Gasteiger partial charge in [-0.25, -0.2) is 0 Å². The van der Waals surface area contributed by atoms with Crippen LogP contribution in [0.1, 0.15) is 58.1 Å². The number of anilines is 1. The molecule has 2 fully saturated rings. The molecular formula is C18H29N3. The lowest BCUT2D eigenvalue weighted by Gasteiger charge is -2.33. The first-order valence-corrected chi connectivity index (χ1v) is 8.67. The highest BCUT2D eigenvalue weighted by Gasteiger charge is 2.24. The van der Waals surface area contributed by atoms with Gasteiger partial charge in [-0.3, -0.25) is 4.98 Å². The SMILES string of the molecule is CC(C)CN(c1ccnc(CNC2CC2)c1)C1CCCC1. The molecule has 21 heavy (non-hydrogen) atoms. The summed E-state index contributed by atoms with van der Waals surface area (Å²) in [7, 11) is 0. The van der Waals surface area contributed by atoms with Crippen molar-refractivity contribution in [2.75, 3.05) is 11.4 Å². The van der Waals surface area contributed by atoms with Crippen molar-refractivity contribution in [3.05, 3.63) is 24.0 Å². The molecule has 3 nitrogen and oxygen atoms in total. The number of rotatable bonds is 7. The van der Waals surface area contributed by atoms with Gasteiger partial charge in [-0.1, -0.05) is 26.7 Å². The average Bonchev–Trinajstić information content (AvgIpc) is 3.15. The Hall–Kier alpha value is -1.09. The van der Waals surface area contributed by atoms with Crippen molar-refractivity contribution in [2.24, 2.45) is 5.92 Å². The Morgan fingerprint density at radius 1 is 1.24 bits per heavy atom. The molecule has 0 spiro atoms. The van der Waals surface area contributed by atoms with E-state index >= 15 is 0 Å². The molecule has 0 unspecified atom stereocenters. The van der Waals surface area contributed by atoms with E-state index in [0.29, 0.717) is 5.92 Å². The van der Waals surface area contributed by atoms with Crippen LogP contribution in [0.4, 0.5) is 5.69 Å². The summed E-state index contributed by atoms with van der Waals surface area (Å²) in [4.78, 5) is 7.18. The summed E-state index contributed by atoms with van der Waals surface area (Å²) in [5.41, 5.74) is 2.56. The smallest absolute Gasteiger partial charge is 0.0562 e. The van der Waals surface area contributed by atoms with Crippen molar-refractivity contribution in [2.45, 2.75) is 71.0 Å². The maximum Gasteiger partial charge on any atom is 0.0562 e. The van der Waals surface area contributed by atoms with Crippen LogP contribution in [0.15, 0.2) is 18.3 Å². The molecule has 2 aliphatic carbocycles. The number of hydrogen-bond donors (Lipinski definition) is 1. The van der Waals surface area contributed by atoms with Gasteiger partial charge in [-0.15, -0.1) is 0 Å². The third-order valence-corrected chi connectivity index (χ3v) is 4.61. The minimum Gasteiger partial charge on any atom is -0.368 e. The van der Waals surface area contributed by atoms with E-state index in [1.807, 2.05) is 6.20 Å². The van der Waals surface area contributed by atoms with Crippen LogP contribution in [-0.2, 0) is 6.54 Å². The molecule has 1 aromatic rings. The Kier molecular flexibility index (Phi) is 4.79. The van der Waals surface area contributed by atoms with Gasteiger partial charge in [0, 0.05) is 37.1 Å². The van der Waals surface area contributed by atoms with Crippen molar-refractivity contribution in [3.8, 4) is 0 Å². The maximum atomic E-state index is 4.54. The third-order valence-electron chi connectivity index (χ3n) is 4.61. The molecule has 0 aromatic carbocycles. The zero-order valence-corrected chi connectivity index (χ0v) is 13.5. The molecule has 1 N–H and O–H groups in total. The van der Waals surface area contributed by atoms with Crippen LogP contribution in [0.2, 0.25) is 0 Å². The monoisotopic (exact) mass is 287 g/mol. The van der Waals surface area contributed by atoms with Crippen LogP contribution >= 0.6 is 0 Å². The zero-order chi connectivity index (χ0) is 14.7. The highest BCUT2D eigenvalue weighted by Crippen LogP contribution is 2.29. The molecule has 3 heteroatoms. The van der Waals surface area contributed by atoms with E-state index in [-0.39, 0.29) is 0 Å². The fourth-order valence-electron chi connectivity index (χ4n) is 3.35. The summed E-state index contributed by atoms with van der Waals surface area (Å²) in [5, 5.41) is 3.57. The van der Waals surface area contributed by atoms with Crippen LogP contribution in [0.5, 0.6) is 0 Å². The predicted octanol–water partition coefficient (Wildman–Crippen LogP) is 3.74. The van der Waals surface area contributed by atoms with Crippen molar-refractivity contribution in [3.63, 3.8) is 0 Å². The van der Waals surface area contributed by atoms with Crippen LogP contribution in [-0.4, -0.2) is 23.6 Å². The van der Waals surface area contributed by atoms with E-state index in [4.69, 9.17) is 0 Å². The van der Waals surface area contributed by atoms with Gasteiger partial charge in [0.2, 0.25) is 0 Å². The van der Waals surface area contributed by atoms with Crippen LogP contribution in [0, 0.1) is 5.92 Å². The van der Waals surface area contributed by atoms with E-state index in [1.54, 1.807) is 0 Å². The summed E-state index contributed by atoms with van der Waals surface area (Å²) in [6, 6.07) is 5.98. The maximum absolute atomic E-state index is 4.54. The molecular weight excluding hydrogens is 258 g/mol. The van der Waals surface area contributed by atoms with Crippen molar-refractivity contribution >= 4 is 5.69 Å². The summed E-state index contributed by atoms with van der Waals surface area (Å²) in [6.45, 7) is 6.71. The Labute approximate surface area is 129 Å². The number of aromatic nitrogens is 1. The predicted molar refractivity (Wildman–Crippen MR) is 88.5 cm³/mol. The van der Waals surface area contributed by atoms with E-state index < -0.39 is 0 Å².